The maximum absolute atomic E-state index is 7.48. The van der Waals surface area contributed by atoms with Gasteiger partial charge in [0, 0.05) is 18.6 Å². The van der Waals surface area contributed by atoms with Gasteiger partial charge in [-0.05, 0) is 19.3 Å². The first kappa shape index (κ1) is 18.4. The lowest BCUT2D eigenvalue weighted by Gasteiger charge is -2.22. The summed E-state index contributed by atoms with van der Waals surface area (Å²) >= 11 is 0. The van der Waals surface area contributed by atoms with Gasteiger partial charge < -0.3 is 10.5 Å². The molecule has 0 aliphatic carbocycles. The molecule has 0 amide bonds. The van der Waals surface area contributed by atoms with Crippen molar-refractivity contribution in [2.24, 2.45) is 11.1 Å². The first-order valence-electron chi connectivity index (χ1n) is 7.93. The van der Waals surface area contributed by atoms with Gasteiger partial charge in [0.1, 0.15) is 0 Å². The number of nitrogens with two attached hydrogens (primary N) is 1. The molecule has 0 aliphatic rings. The largest absolute Gasteiger partial charge is 0.387 e. The van der Waals surface area contributed by atoms with Crippen molar-refractivity contribution in [3.8, 4) is 0 Å². The van der Waals surface area contributed by atoms with E-state index in [1.54, 1.807) is 0 Å². The Balaban J connectivity index is 3.21. The fourth-order valence-electron chi connectivity index (χ4n) is 1.99. The first-order chi connectivity index (χ1) is 9.00. The van der Waals surface area contributed by atoms with Crippen molar-refractivity contribution in [2.75, 3.05) is 13.2 Å². The summed E-state index contributed by atoms with van der Waals surface area (Å²) in [6, 6.07) is 0. The summed E-state index contributed by atoms with van der Waals surface area (Å²) in [7, 11) is 0. The van der Waals surface area contributed by atoms with Crippen molar-refractivity contribution in [1.82, 2.24) is 0 Å². The number of amidine groups is 1. The van der Waals surface area contributed by atoms with Gasteiger partial charge in [0.15, 0.2) is 0 Å². The third-order valence-electron chi connectivity index (χ3n) is 3.71. The molecule has 19 heavy (non-hydrogen) atoms. The quantitative estimate of drug-likeness (QED) is 0.294. The molecular formula is C16H34N2O. The number of hydrogen-bond donors (Lipinski definition) is 2. The van der Waals surface area contributed by atoms with Crippen molar-refractivity contribution < 1.29 is 4.74 Å². The highest BCUT2D eigenvalue weighted by Gasteiger charge is 2.20. The average molecular weight is 270 g/mol. The molecule has 0 atom stereocenters. The van der Waals surface area contributed by atoms with E-state index in [4.69, 9.17) is 15.9 Å². The number of rotatable bonds is 13. The lowest BCUT2D eigenvalue weighted by Crippen LogP contribution is -2.30. The maximum Gasteiger partial charge on any atom is 0.0963 e. The minimum absolute atomic E-state index is 0.153. The van der Waals surface area contributed by atoms with E-state index in [1.165, 1.54) is 38.5 Å². The van der Waals surface area contributed by atoms with Crippen LogP contribution in [0.15, 0.2) is 0 Å². The molecule has 0 aliphatic heterocycles. The third kappa shape index (κ3) is 11.0. The number of ether oxygens (including phenoxy) is 1. The molecule has 3 nitrogen and oxygen atoms in total. The molecule has 0 spiro atoms. The summed E-state index contributed by atoms with van der Waals surface area (Å²) in [6.07, 6.45) is 11.0. The van der Waals surface area contributed by atoms with Crippen LogP contribution in [0.25, 0.3) is 0 Å². The van der Waals surface area contributed by atoms with Crippen molar-refractivity contribution in [1.29, 1.82) is 5.41 Å². The van der Waals surface area contributed by atoms with Crippen LogP contribution in [0.5, 0.6) is 0 Å². The monoisotopic (exact) mass is 270 g/mol. The van der Waals surface area contributed by atoms with Crippen LogP contribution in [0.1, 0.15) is 78.6 Å². The van der Waals surface area contributed by atoms with Gasteiger partial charge in [0.05, 0.1) is 5.84 Å². The molecule has 0 rings (SSSR count). The molecule has 0 fully saturated rings. The second-order valence-corrected chi connectivity index (χ2v) is 6.13. The Labute approximate surface area is 119 Å². The van der Waals surface area contributed by atoms with Crippen LogP contribution in [0, 0.1) is 10.8 Å². The normalized spacial score (nSPS) is 11.7. The van der Waals surface area contributed by atoms with Crippen LogP contribution >= 0.6 is 0 Å². The summed E-state index contributed by atoms with van der Waals surface area (Å²) < 4.78 is 5.63. The molecule has 0 aromatic heterocycles. The van der Waals surface area contributed by atoms with E-state index in [-0.39, 0.29) is 5.41 Å². The molecule has 0 unspecified atom stereocenters. The van der Waals surface area contributed by atoms with Gasteiger partial charge in [-0.3, -0.25) is 5.41 Å². The van der Waals surface area contributed by atoms with Gasteiger partial charge in [-0.25, -0.2) is 0 Å². The van der Waals surface area contributed by atoms with E-state index < -0.39 is 0 Å². The van der Waals surface area contributed by atoms with E-state index in [2.05, 4.69) is 6.92 Å². The zero-order valence-electron chi connectivity index (χ0n) is 13.3. The van der Waals surface area contributed by atoms with Crippen LogP contribution in [0.3, 0.4) is 0 Å². The minimum atomic E-state index is -0.153. The van der Waals surface area contributed by atoms with Gasteiger partial charge in [-0.2, -0.15) is 0 Å². The van der Waals surface area contributed by atoms with Crippen molar-refractivity contribution in [3.63, 3.8) is 0 Å². The molecule has 3 heteroatoms. The third-order valence-corrected chi connectivity index (χ3v) is 3.71. The molecule has 0 aromatic carbocycles. The standard InChI is InChI=1S/C16H34N2O/c1-4-5-6-7-8-10-13-19-14-11-9-12-16(2,3)15(17)18/h4-14H2,1-3H3,(H3,17,18). The second-order valence-electron chi connectivity index (χ2n) is 6.13. The Kier molecular flexibility index (Phi) is 10.9. The summed E-state index contributed by atoms with van der Waals surface area (Å²) in [4.78, 5) is 0. The summed E-state index contributed by atoms with van der Waals surface area (Å²) in [6.45, 7) is 8.07. The highest BCUT2D eigenvalue weighted by atomic mass is 16.5. The van der Waals surface area contributed by atoms with E-state index in [1.807, 2.05) is 13.8 Å². The van der Waals surface area contributed by atoms with Crippen LogP contribution in [0.2, 0.25) is 0 Å². The molecule has 114 valence electrons. The number of nitrogens with one attached hydrogen (secondary N) is 1. The van der Waals surface area contributed by atoms with Gasteiger partial charge in [-0.1, -0.05) is 59.3 Å². The zero-order chi connectivity index (χ0) is 14.6. The highest BCUT2D eigenvalue weighted by molar-refractivity contribution is 5.82. The predicted octanol–water partition coefficient (Wildman–Crippen LogP) is 4.50. The SMILES string of the molecule is CCCCCCCCOCCCCC(C)(C)C(=N)N. The second kappa shape index (κ2) is 11.3. The van der Waals surface area contributed by atoms with Crippen molar-refractivity contribution >= 4 is 5.84 Å². The molecule has 0 aromatic rings. The summed E-state index contributed by atoms with van der Waals surface area (Å²) in [5.41, 5.74) is 5.40. The van der Waals surface area contributed by atoms with Crippen molar-refractivity contribution in [3.05, 3.63) is 0 Å². The topological polar surface area (TPSA) is 59.1 Å². The van der Waals surface area contributed by atoms with Gasteiger partial charge in [-0.15, -0.1) is 0 Å². The number of hydrogen-bond acceptors (Lipinski definition) is 2. The van der Waals surface area contributed by atoms with E-state index in [0.717, 1.165) is 32.5 Å². The fourth-order valence-corrected chi connectivity index (χ4v) is 1.99. The van der Waals surface area contributed by atoms with Crippen LogP contribution in [0.4, 0.5) is 0 Å². The minimum Gasteiger partial charge on any atom is -0.387 e. The van der Waals surface area contributed by atoms with E-state index >= 15 is 0 Å². The molecule has 0 radical (unpaired) electrons. The van der Waals surface area contributed by atoms with Gasteiger partial charge in [0.2, 0.25) is 0 Å². The lowest BCUT2D eigenvalue weighted by molar-refractivity contribution is 0.124. The molecule has 0 bridgehead atoms. The fraction of sp³-hybridized carbons (Fsp3) is 0.938. The first-order valence-corrected chi connectivity index (χ1v) is 7.93. The maximum atomic E-state index is 7.48. The van der Waals surface area contributed by atoms with Crippen LogP contribution < -0.4 is 5.73 Å². The molecule has 0 heterocycles. The Bertz CT molecular complexity index is 227. The Hall–Kier alpha value is -0.570. The van der Waals surface area contributed by atoms with Crippen LogP contribution in [-0.2, 0) is 4.74 Å². The Morgan fingerprint density at radius 3 is 2.05 bits per heavy atom. The molecule has 0 saturated carbocycles. The summed E-state index contributed by atoms with van der Waals surface area (Å²) in [5, 5.41) is 7.48. The van der Waals surface area contributed by atoms with E-state index in [9.17, 15) is 0 Å². The zero-order valence-corrected chi connectivity index (χ0v) is 13.3. The Morgan fingerprint density at radius 1 is 0.947 bits per heavy atom. The molecule has 0 saturated heterocycles. The van der Waals surface area contributed by atoms with Crippen LogP contribution in [-0.4, -0.2) is 19.0 Å². The molecule has 3 N–H and O–H groups in total. The van der Waals surface area contributed by atoms with Gasteiger partial charge in [0.25, 0.3) is 0 Å². The van der Waals surface area contributed by atoms with Gasteiger partial charge >= 0.3 is 0 Å². The predicted molar refractivity (Wildman–Crippen MR) is 83.7 cm³/mol. The smallest absolute Gasteiger partial charge is 0.0963 e. The van der Waals surface area contributed by atoms with E-state index in [0.29, 0.717) is 5.84 Å². The Morgan fingerprint density at radius 2 is 1.47 bits per heavy atom. The lowest BCUT2D eigenvalue weighted by atomic mass is 9.86. The molecular weight excluding hydrogens is 236 g/mol. The highest BCUT2D eigenvalue weighted by Crippen LogP contribution is 2.22. The number of unbranched alkanes of at least 4 members (excludes halogenated alkanes) is 6. The summed E-state index contributed by atoms with van der Waals surface area (Å²) in [5.74, 6) is 0.292. The van der Waals surface area contributed by atoms with Crippen molar-refractivity contribution in [2.45, 2.75) is 78.6 Å². The average Bonchev–Trinajstić information content (AvgIpc) is 2.35.